The number of unbranched alkanes of at least 4 members (excludes halogenated alkanes) is 1. The summed E-state index contributed by atoms with van der Waals surface area (Å²) in [5.74, 6) is -9.58. The van der Waals surface area contributed by atoms with Gasteiger partial charge in [-0.25, -0.2) is 4.79 Å². The number of rotatable bonds is 28. The van der Waals surface area contributed by atoms with Crippen LogP contribution in [-0.2, 0) is 46.4 Å². The molecule has 64 heavy (non-hydrogen) atoms. The molecule has 2 aromatic rings. The molecular formula is C43H67N11O10. The van der Waals surface area contributed by atoms with Crippen molar-refractivity contribution in [1.29, 1.82) is 0 Å². The second-order valence-electron chi connectivity index (χ2n) is 15.7. The number of aliphatic carboxylic acids is 1. The second-order valence-corrected chi connectivity index (χ2v) is 15.7. The smallest absolute Gasteiger partial charge is 0.326 e. The van der Waals surface area contributed by atoms with Crippen LogP contribution in [0.2, 0.25) is 0 Å². The summed E-state index contributed by atoms with van der Waals surface area (Å²) in [7, 11) is 3.69. The van der Waals surface area contributed by atoms with E-state index in [2.05, 4.69) is 43.9 Å². The summed E-state index contributed by atoms with van der Waals surface area (Å²) in [6.45, 7) is 7.02. The van der Waals surface area contributed by atoms with Gasteiger partial charge in [-0.2, -0.15) is 7.05 Å². The highest BCUT2D eigenvalue weighted by molar-refractivity contribution is 6.04. The Morgan fingerprint density at radius 1 is 0.672 bits per heavy atom. The fourth-order valence-corrected chi connectivity index (χ4v) is 6.27. The highest BCUT2D eigenvalue weighted by Crippen LogP contribution is 2.18. The molecule has 0 bridgehead atoms. The molecule has 354 valence electrons. The van der Waals surface area contributed by atoms with Crippen molar-refractivity contribution in [3.05, 3.63) is 66.7 Å². The third-order valence-corrected chi connectivity index (χ3v) is 10.5. The van der Waals surface area contributed by atoms with Crippen LogP contribution in [0, 0.1) is 24.8 Å². The van der Waals surface area contributed by atoms with Gasteiger partial charge in [0.2, 0.25) is 35.4 Å². The zero-order chi connectivity index (χ0) is 47.9. The number of phenolic OH excluding ortho intramolecular Hbond substituents is 2. The molecule has 8 unspecified atom stereocenters. The number of nitrogens with two attached hydrogens (primary N) is 4. The first-order valence-corrected chi connectivity index (χ1v) is 21.3. The maximum Gasteiger partial charge on any atom is 0.326 e. The zero-order valence-corrected chi connectivity index (χ0v) is 37.0. The molecule has 2 aromatic carbocycles. The number of quaternary nitrogens is 1. The number of phenols is 2. The minimum Gasteiger partial charge on any atom is -0.508 e. The van der Waals surface area contributed by atoms with Crippen LogP contribution in [-0.4, -0.2) is 106 Å². The first kappa shape index (κ1) is 53.7. The molecule has 6 amide bonds. The van der Waals surface area contributed by atoms with Crippen molar-refractivity contribution in [2.75, 3.05) is 13.1 Å². The number of aliphatic imine (C=N–C) groups is 1. The first-order valence-electron chi connectivity index (χ1n) is 21.3. The van der Waals surface area contributed by atoms with E-state index in [-0.39, 0.29) is 62.0 Å². The van der Waals surface area contributed by atoms with Crippen molar-refractivity contribution in [1.82, 2.24) is 31.9 Å². The van der Waals surface area contributed by atoms with E-state index in [1.165, 1.54) is 60.8 Å². The Bertz CT molecular complexity index is 1880. The second kappa shape index (κ2) is 27.6. The van der Waals surface area contributed by atoms with E-state index >= 15 is 0 Å². The Morgan fingerprint density at radius 3 is 1.73 bits per heavy atom. The van der Waals surface area contributed by atoms with Crippen LogP contribution in [0.15, 0.2) is 53.5 Å². The van der Waals surface area contributed by atoms with Crippen molar-refractivity contribution >= 4 is 47.4 Å². The summed E-state index contributed by atoms with van der Waals surface area (Å²) in [5, 5.41) is 47.0. The number of carbonyl (C=O) groups is 7. The number of carboxylic acid groups (broad SMARTS) is 1. The van der Waals surface area contributed by atoms with Gasteiger partial charge in [0.05, 0.1) is 0 Å². The van der Waals surface area contributed by atoms with E-state index in [1.54, 1.807) is 13.8 Å². The minimum atomic E-state index is -1.50. The highest BCUT2D eigenvalue weighted by Gasteiger charge is 2.36. The van der Waals surface area contributed by atoms with Crippen molar-refractivity contribution < 1.29 is 54.2 Å². The number of nitrogens with one attached hydrogen (secondary N) is 6. The molecule has 0 fully saturated rings. The quantitative estimate of drug-likeness (QED) is 0.0113. The molecule has 0 saturated heterocycles. The standard InChI is InChI=1S/C43H67N11O10/c1-6-24(2)35(41(62)49-26(4)47-5)54-39(60)31(22-27-12-16-29(55)17-13-27)38(59)51-33(23-28-14-18-30(56)19-15-28)40(61)53-34(11-7-8-20-44)52-37(58)25(3)36(57)50-32(42(63)64)10-9-21-48-43(45)46/h12-19,24-26,31-35,55-56H,5-11,20-23,44,47H2,1-4H3,(H,49,62)(H,50,57)(H,51,59)(H,52,58)(H,53,61)(H,54,60)(H,63,64)(H4,45,46,48). The molecular weight excluding hydrogens is 831 g/mol. The van der Waals surface area contributed by atoms with E-state index in [0.717, 1.165) is 0 Å². The fourth-order valence-electron chi connectivity index (χ4n) is 6.27. The number of hydrogen-bond donors (Lipinski definition) is 13. The van der Waals surface area contributed by atoms with E-state index in [1.807, 2.05) is 6.92 Å². The third-order valence-electron chi connectivity index (χ3n) is 10.5. The third kappa shape index (κ3) is 18.9. The minimum absolute atomic E-state index is 0.0294. The van der Waals surface area contributed by atoms with Crippen LogP contribution in [0.1, 0.15) is 77.3 Å². The van der Waals surface area contributed by atoms with Crippen LogP contribution in [0.5, 0.6) is 11.5 Å². The van der Waals surface area contributed by atoms with Crippen LogP contribution in [0.3, 0.4) is 0 Å². The predicted octanol–water partition coefficient (Wildman–Crippen LogP) is -1.72. The maximum atomic E-state index is 14.4. The van der Waals surface area contributed by atoms with Gasteiger partial charge in [-0.1, -0.05) is 44.5 Å². The summed E-state index contributed by atoms with van der Waals surface area (Å²) in [5.41, 5.74) is 17.3. The first-order chi connectivity index (χ1) is 30.3. The van der Waals surface area contributed by atoms with Crippen LogP contribution in [0.4, 0.5) is 0 Å². The van der Waals surface area contributed by atoms with Crippen molar-refractivity contribution in [3.63, 3.8) is 0 Å². The van der Waals surface area contributed by atoms with E-state index in [4.69, 9.17) is 17.2 Å². The zero-order valence-electron chi connectivity index (χ0n) is 37.0. The Kier molecular flexibility index (Phi) is 23.1. The summed E-state index contributed by atoms with van der Waals surface area (Å²) in [4.78, 5) is 98.4. The molecule has 8 atom stereocenters. The van der Waals surface area contributed by atoms with Gasteiger partial charge in [0.1, 0.15) is 53.8 Å². The molecule has 0 saturated carbocycles. The van der Waals surface area contributed by atoms with Gasteiger partial charge in [0, 0.05) is 19.9 Å². The van der Waals surface area contributed by atoms with Gasteiger partial charge in [-0.3, -0.25) is 33.8 Å². The lowest BCUT2D eigenvalue weighted by atomic mass is 9.93. The van der Waals surface area contributed by atoms with Gasteiger partial charge in [-0.05, 0) is 93.3 Å². The molecule has 17 N–H and O–H groups in total. The molecule has 21 nitrogen and oxygen atoms in total. The lowest BCUT2D eigenvalue weighted by Crippen LogP contribution is -2.87. The van der Waals surface area contributed by atoms with Crippen LogP contribution < -0.4 is 54.4 Å². The molecule has 2 rings (SSSR count). The molecule has 0 aromatic heterocycles. The largest absolute Gasteiger partial charge is 0.508 e. The summed E-state index contributed by atoms with van der Waals surface area (Å²) >= 11 is 0. The average molecular weight is 898 g/mol. The number of benzene rings is 2. The molecule has 21 heteroatoms. The number of hydrogen-bond acceptors (Lipinski definition) is 11. The summed E-state index contributed by atoms with van der Waals surface area (Å²) in [6.07, 6.45) is -0.119. The Balaban J connectivity index is 2.46. The average Bonchev–Trinajstić information content (AvgIpc) is 3.25. The van der Waals surface area contributed by atoms with E-state index < -0.39 is 83.7 Å². The number of guanidine groups is 1. The number of aromatic hydroxyl groups is 2. The molecule has 0 heterocycles. The van der Waals surface area contributed by atoms with E-state index in [9.17, 15) is 48.9 Å². The lowest BCUT2D eigenvalue weighted by Gasteiger charge is -2.28. The van der Waals surface area contributed by atoms with Gasteiger partial charge >= 0.3 is 5.97 Å². The number of amides is 6. The maximum absolute atomic E-state index is 14.4. The Morgan fingerprint density at radius 2 is 1.20 bits per heavy atom. The summed E-state index contributed by atoms with van der Waals surface area (Å²) in [6, 6.07) is 7.91. The Hall–Kier alpha value is -6.48. The molecule has 0 aliphatic carbocycles. The SMILES string of the molecule is [CH2-][NH2+]C(C)NC(=O)C(NC(=O)C(Cc1ccc(O)cc1)C(=O)NC(Cc1ccc(O)cc1)C(=O)NC(CCCCN)NC(=O)C(C)C(=O)NC(CCCN=C(N)N)C(=O)O)C(C)CC. The Labute approximate surface area is 373 Å². The highest BCUT2D eigenvalue weighted by atomic mass is 16.4. The fraction of sp³-hybridized carbons (Fsp3) is 0.512. The predicted molar refractivity (Wildman–Crippen MR) is 237 cm³/mol. The molecule has 0 aliphatic heterocycles. The lowest BCUT2D eigenvalue weighted by molar-refractivity contribution is -0.633. The normalized spacial score (nSPS) is 14.7. The van der Waals surface area contributed by atoms with Gasteiger partial charge in [0.25, 0.3) is 0 Å². The monoisotopic (exact) mass is 898 g/mol. The van der Waals surface area contributed by atoms with Gasteiger partial charge in [-0.15, -0.1) is 0 Å². The molecule has 0 radical (unpaired) electrons. The molecule has 0 aliphatic rings. The number of carbonyl (C=O) groups excluding carboxylic acids is 6. The van der Waals surface area contributed by atoms with Crippen molar-refractivity contribution in [2.24, 2.45) is 39.9 Å². The molecule has 0 spiro atoms. The van der Waals surface area contributed by atoms with Crippen molar-refractivity contribution in [2.45, 2.75) is 110 Å². The van der Waals surface area contributed by atoms with E-state index in [0.29, 0.717) is 36.9 Å². The van der Waals surface area contributed by atoms with Gasteiger partial charge < -0.3 is 69.7 Å². The number of carboxylic acids is 1. The number of nitrogens with zero attached hydrogens (tertiary/aromatic N) is 1. The topological polar surface area (TPSA) is 359 Å². The van der Waals surface area contributed by atoms with Crippen LogP contribution in [0.25, 0.3) is 0 Å². The van der Waals surface area contributed by atoms with Crippen LogP contribution >= 0.6 is 0 Å². The van der Waals surface area contributed by atoms with Crippen molar-refractivity contribution in [3.8, 4) is 11.5 Å². The van der Waals surface area contributed by atoms with Gasteiger partial charge in [0.15, 0.2) is 5.96 Å². The summed E-state index contributed by atoms with van der Waals surface area (Å²) < 4.78 is 0.